The number of likely N-dealkylation sites (N-methyl/N-ethyl adjacent to an activating group) is 1. The average Bonchev–Trinajstić information content (AvgIpc) is 2.86. The van der Waals surface area contributed by atoms with E-state index in [0.717, 1.165) is 5.56 Å². The first-order valence-electron chi connectivity index (χ1n) is 4.94. The Balaban J connectivity index is 2.03. The van der Waals surface area contributed by atoms with E-state index in [-0.39, 0.29) is 6.61 Å². The van der Waals surface area contributed by atoms with Gasteiger partial charge in [0.15, 0.2) is 0 Å². The minimum atomic E-state index is 0.110. The summed E-state index contributed by atoms with van der Waals surface area (Å²) in [5, 5.41) is 12.6. The van der Waals surface area contributed by atoms with E-state index in [1.807, 2.05) is 11.9 Å². The molecule has 1 N–H and O–H groups in total. The van der Waals surface area contributed by atoms with Crippen molar-refractivity contribution in [1.82, 2.24) is 15.0 Å². The molecule has 0 amide bonds. The molecule has 0 aliphatic heterocycles. The van der Waals surface area contributed by atoms with E-state index in [4.69, 9.17) is 14.0 Å². The molecule has 2 heterocycles. The lowest BCUT2D eigenvalue weighted by molar-refractivity contribution is 0.200. The van der Waals surface area contributed by atoms with E-state index in [1.165, 1.54) is 0 Å². The Hall–Kier alpha value is -1.66. The molecule has 0 atom stereocenters. The molecule has 2 aromatic rings. The normalized spacial score (nSPS) is 11.2. The molecule has 0 unspecified atom stereocenters. The molecule has 6 nitrogen and oxygen atoms in total. The maximum absolute atomic E-state index is 8.75. The molecule has 2 aromatic heterocycles. The van der Waals surface area contributed by atoms with Crippen molar-refractivity contribution in [3.8, 4) is 11.4 Å². The summed E-state index contributed by atoms with van der Waals surface area (Å²) in [5.41, 5.74) is 0.791. The van der Waals surface area contributed by atoms with Gasteiger partial charge in [-0.05, 0) is 13.1 Å². The predicted octanol–water partition coefficient (Wildman–Crippen LogP) is 0.754. The largest absolute Gasteiger partial charge is 0.472 e. The second-order valence-electron chi connectivity index (χ2n) is 3.49. The molecule has 0 radical (unpaired) electrons. The first-order chi connectivity index (χ1) is 7.79. The fourth-order valence-electron chi connectivity index (χ4n) is 1.31. The van der Waals surface area contributed by atoms with E-state index < -0.39 is 0 Å². The van der Waals surface area contributed by atoms with Crippen LogP contribution in [0.2, 0.25) is 0 Å². The maximum atomic E-state index is 8.75. The number of aliphatic hydroxyl groups is 1. The number of hydrogen-bond acceptors (Lipinski definition) is 6. The summed E-state index contributed by atoms with van der Waals surface area (Å²) in [6.45, 7) is 1.20. The Labute approximate surface area is 92.5 Å². The zero-order valence-electron chi connectivity index (χ0n) is 8.96. The summed E-state index contributed by atoms with van der Waals surface area (Å²) in [4.78, 5) is 6.11. The highest BCUT2D eigenvalue weighted by Gasteiger charge is 2.10. The first-order valence-corrected chi connectivity index (χ1v) is 4.94. The van der Waals surface area contributed by atoms with Crippen LogP contribution >= 0.6 is 0 Å². The van der Waals surface area contributed by atoms with Crippen LogP contribution in [0, 0.1) is 0 Å². The zero-order valence-corrected chi connectivity index (χ0v) is 8.96. The van der Waals surface area contributed by atoms with Crippen LogP contribution in [-0.2, 0) is 6.54 Å². The van der Waals surface area contributed by atoms with Crippen LogP contribution in [0.4, 0.5) is 0 Å². The summed E-state index contributed by atoms with van der Waals surface area (Å²) in [6.07, 6.45) is 3.12. The van der Waals surface area contributed by atoms with E-state index in [0.29, 0.717) is 24.8 Å². The molecule has 0 aliphatic carbocycles. The molecule has 0 saturated carbocycles. The lowest BCUT2D eigenvalue weighted by atomic mass is 10.3. The standard InChI is InChI=1S/C10H13N3O3/c1-13(3-4-14)6-9-11-10(12-16-9)8-2-5-15-7-8/h2,5,7,14H,3-4,6H2,1H3. The average molecular weight is 223 g/mol. The third-order valence-electron chi connectivity index (χ3n) is 2.13. The van der Waals surface area contributed by atoms with Crippen LogP contribution in [0.5, 0.6) is 0 Å². The van der Waals surface area contributed by atoms with Gasteiger partial charge >= 0.3 is 0 Å². The molecule has 0 bridgehead atoms. The van der Waals surface area contributed by atoms with E-state index in [2.05, 4.69) is 10.1 Å². The minimum Gasteiger partial charge on any atom is -0.472 e. The summed E-state index contributed by atoms with van der Waals surface area (Å²) in [6, 6.07) is 1.77. The molecule has 16 heavy (non-hydrogen) atoms. The molecule has 86 valence electrons. The number of aromatic nitrogens is 2. The molecule has 0 saturated heterocycles. The van der Waals surface area contributed by atoms with Gasteiger partial charge in [-0.15, -0.1) is 0 Å². The van der Waals surface area contributed by atoms with Crippen molar-refractivity contribution in [2.75, 3.05) is 20.2 Å². The van der Waals surface area contributed by atoms with Gasteiger partial charge in [0.25, 0.3) is 0 Å². The Morgan fingerprint density at radius 2 is 2.38 bits per heavy atom. The van der Waals surface area contributed by atoms with Crippen LogP contribution in [0.25, 0.3) is 11.4 Å². The Kier molecular flexibility index (Phi) is 3.33. The quantitative estimate of drug-likeness (QED) is 0.806. The van der Waals surface area contributed by atoms with Crippen molar-refractivity contribution >= 4 is 0 Å². The molecule has 2 rings (SSSR count). The van der Waals surface area contributed by atoms with Crippen molar-refractivity contribution in [3.05, 3.63) is 24.5 Å². The summed E-state index contributed by atoms with van der Waals surface area (Å²) in [7, 11) is 1.87. The lowest BCUT2D eigenvalue weighted by Crippen LogP contribution is -2.21. The number of hydrogen-bond donors (Lipinski definition) is 1. The highest BCUT2D eigenvalue weighted by atomic mass is 16.5. The molecule has 0 fully saturated rings. The van der Waals surface area contributed by atoms with Gasteiger partial charge in [-0.2, -0.15) is 4.98 Å². The second-order valence-corrected chi connectivity index (χ2v) is 3.49. The van der Waals surface area contributed by atoms with Gasteiger partial charge in [-0.3, -0.25) is 4.90 Å². The summed E-state index contributed by atoms with van der Waals surface area (Å²) >= 11 is 0. The van der Waals surface area contributed by atoms with E-state index in [9.17, 15) is 0 Å². The van der Waals surface area contributed by atoms with Crippen molar-refractivity contribution in [1.29, 1.82) is 0 Å². The molecular weight excluding hydrogens is 210 g/mol. The van der Waals surface area contributed by atoms with Gasteiger partial charge in [0.1, 0.15) is 6.26 Å². The Bertz CT molecular complexity index is 424. The van der Waals surface area contributed by atoms with Crippen molar-refractivity contribution < 1.29 is 14.0 Å². The minimum absolute atomic E-state index is 0.110. The number of furan rings is 1. The van der Waals surface area contributed by atoms with Crippen molar-refractivity contribution in [3.63, 3.8) is 0 Å². The molecular formula is C10H13N3O3. The third kappa shape index (κ3) is 2.47. The maximum Gasteiger partial charge on any atom is 0.241 e. The zero-order chi connectivity index (χ0) is 11.4. The fourth-order valence-corrected chi connectivity index (χ4v) is 1.31. The predicted molar refractivity (Wildman–Crippen MR) is 55.4 cm³/mol. The van der Waals surface area contributed by atoms with Gasteiger partial charge in [-0.25, -0.2) is 0 Å². The molecule has 0 aliphatic rings. The highest BCUT2D eigenvalue weighted by molar-refractivity contribution is 5.51. The van der Waals surface area contributed by atoms with E-state index >= 15 is 0 Å². The smallest absolute Gasteiger partial charge is 0.241 e. The Morgan fingerprint density at radius 1 is 1.50 bits per heavy atom. The van der Waals surface area contributed by atoms with Gasteiger partial charge in [0.05, 0.1) is 25.0 Å². The molecule has 0 aromatic carbocycles. The van der Waals surface area contributed by atoms with E-state index in [1.54, 1.807) is 18.6 Å². The fraction of sp³-hybridized carbons (Fsp3) is 0.400. The number of aliphatic hydroxyl groups excluding tert-OH is 1. The monoisotopic (exact) mass is 223 g/mol. The second kappa shape index (κ2) is 4.91. The van der Waals surface area contributed by atoms with Crippen LogP contribution in [0.1, 0.15) is 5.89 Å². The summed E-state index contributed by atoms with van der Waals surface area (Å²) in [5.74, 6) is 1.04. The van der Waals surface area contributed by atoms with Crippen LogP contribution in [0.3, 0.4) is 0 Å². The lowest BCUT2D eigenvalue weighted by Gasteiger charge is -2.10. The molecule has 6 heteroatoms. The van der Waals surface area contributed by atoms with Crippen LogP contribution in [-0.4, -0.2) is 40.3 Å². The third-order valence-corrected chi connectivity index (χ3v) is 2.13. The Morgan fingerprint density at radius 3 is 3.06 bits per heavy atom. The van der Waals surface area contributed by atoms with Gasteiger partial charge in [-0.1, -0.05) is 5.16 Å². The van der Waals surface area contributed by atoms with Gasteiger partial charge in [0, 0.05) is 6.54 Å². The molecule has 0 spiro atoms. The number of rotatable bonds is 5. The SMILES string of the molecule is CN(CCO)Cc1nc(-c2ccoc2)no1. The van der Waals surface area contributed by atoms with Crippen LogP contribution < -0.4 is 0 Å². The van der Waals surface area contributed by atoms with Gasteiger partial charge in [0.2, 0.25) is 11.7 Å². The van der Waals surface area contributed by atoms with Gasteiger partial charge < -0.3 is 14.0 Å². The topological polar surface area (TPSA) is 75.5 Å². The van der Waals surface area contributed by atoms with Crippen LogP contribution in [0.15, 0.2) is 27.5 Å². The number of nitrogens with zero attached hydrogens (tertiary/aromatic N) is 3. The highest BCUT2D eigenvalue weighted by Crippen LogP contribution is 2.15. The van der Waals surface area contributed by atoms with Crippen molar-refractivity contribution in [2.45, 2.75) is 6.54 Å². The van der Waals surface area contributed by atoms with Crippen molar-refractivity contribution in [2.24, 2.45) is 0 Å². The first kappa shape index (κ1) is 10.8. The summed E-state index contributed by atoms with van der Waals surface area (Å²) < 4.78 is 10.0.